The number of benzene rings is 3. The van der Waals surface area contributed by atoms with Crippen LogP contribution in [0.25, 0.3) is 0 Å². The van der Waals surface area contributed by atoms with E-state index in [0.29, 0.717) is 41.3 Å². The van der Waals surface area contributed by atoms with E-state index in [1.54, 1.807) is 0 Å². The van der Waals surface area contributed by atoms with Gasteiger partial charge in [0.2, 0.25) is 0 Å². The number of nitrogens with one attached hydrogen (secondary N) is 1. The van der Waals surface area contributed by atoms with Crippen molar-refractivity contribution >= 4 is 28.9 Å². The molecule has 0 fully saturated rings. The second kappa shape index (κ2) is 9.54. The first kappa shape index (κ1) is 19.4. The lowest BCUT2D eigenvalue weighted by Crippen LogP contribution is -2.03. The molecular weight excluding hydrogens is 381 g/mol. The molecule has 0 spiro atoms. The van der Waals surface area contributed by atoms with Crippen LogP contribution in [0.5, 0.6) is 11.5 Å². The van der Waals surface area contributed by atoms with Crippen molar-refractivity contribution < 1.29 is 9.47 Å². The molecule has 5 heteroatoms. The molecule has 0 amide bonds. The van der Waals surface area contributed by atoms with Crippen LogP contribution in [0.3, 0.4) is 0 Å². The van der Waals surface area contributed by atoms with E-state index in [-0.39, 0.29) is 0 Å². The Kier molecular flexibility index (Phi) is 6.86. The number of ether oxygens (including phenoxy) is 2. The van der Waals surface area contributed by atoms with Crippen LogP contribution >= 0.6 is 23.2 Å². The van der Waals surface area contributed by atoms with Crippen LogP contribution in [-0.2, 0) is 13.2 Å². The molecule has 0 aromatic heterocycles. The zero-order valence-corrected chi connectivity index (χ0v) is 16.6. The van der Waals surface area contributed by atoms with Gasteiger partial charge in [-0.05, 0) is 42.8 Å². The fourth-order valence-electron chi connectivity index (χ4n) is 2.62. The molecule has 140 valence electrons. The predicted octanol–water partition coefficient (Wildman–Crippen LogP) is 6.58. The SMILES string of the molecule is CCOc1cc(CNc2ccccc2Cl)ccc1OCc1ccccc1Cl. The normalized spacial score (nSPS) is 10.5. The number of rotatable bonds is 8. The molecule has 0 bridgehead atoms. The Morgan fingerprint density at radius 2 is 1.56 bits per heavy atom. The van der Waals surface area contributed by atoms with Crippen molar-refractivity contribution in [3.63, 3.8) is 0 Å². The van der Waals surface area contributed by atoms with Gasteiger partial charge < -0.3 is 14.8 Å². The lowest BCUT2D eigenvalue weighted by atomic mass is 10.2. The summed E-state index contributed by atoms with van der Waals surface area (Å²) >= 11 is 12.4. The van der Waals surface area contributed by atoms with Crippen LogP contribution in [0, 0.1) is 0 Å². The molecule has 0 heterocycles. The summed E-state index contributed by atoms with van der Waals surface area (Å²) in [6.45, 7) is 3.53. The van der Waals surface area contributed by atoms with E-state index in [0.717, 1.165) is 16.8 Å². The Balaban J connectivity index is 1.70. The van der Waals surface area contributed by atoms with E-state index in [4.69, 9.17) is 32.7 Å². The van der Waals surface area contributed by atoms with Crippen molar-refractivity contribution in [2.45, 2.75) is 20.1 Å². The van der Waals surface area contributed by atoms with E-state index in [2.05, 4.69) is 5.32 Å². The zero-order valence-electron chi connectivity index (χ0n) is 15.0. The van der Waals surface area contributed by atoms with Crippen molar-refractivity contribution in [2.75, 3.05) is 11.9 Å². The molecule has 3 rings (SSSR count). The first-order valence-electron chi connectivity index (χ1n) is 8.77. The summed E-state index contributed by atoms with van der Waals surface area (Å²) < 4.78 is 11.7. The van der Waals surface area contributed by atoms with Gasteiger partial charge in [-0.3, -0.25) is 0 Å². The van der Waals surface area contributed by atoms with Crippen LogP contribution in [-0.4, -0.2) is 6.61 Å². The van der Waals surface area contributed by atoms with E-state index >= 15 is 0 Å². The number of hydrogen-bond acceptors (Lipinski definition) is 3. The molecule has 0 atom stereocenters. The van der Waals surface area contributed by atoms with Crippen molar-refractivity contribution in [3.8, 4) is 11.5 Å². The van der Waals surface area contributed by atoms with E-state index in [1.165, 1.54) is 0 Å². The van der Waals surface area contributed by atoms with Gasteiger partial charge in [-0.15, -0.1) is 0 Å². The van der Waals surface area contributed by atoms with Crippen molar-refractivity contribution in [1.29, 1.82) is 0 Å². The average molecular weight is 402 g/mol. The third kappa shape index (κ3) is 5.31. The number of halogens is 2. The molecule has 0 aliphatic heterocycles. The summed E-state index contributed by atoms with van der Waals surface area (Å²) in [6.07, 6.45) is 0. The molecule has 0 aliphatic rings. The second-order valence-electron chi connectivity index (χ2n) is 5.93. The molecule has 0 saturated carbocycles. The molecule has 0 radical (unpaired) electrons. The van der Waals surface area contributed by atoms with Crippen LogP contribution in [0.4, 0.5) is 5.69 Å². The minimum absolute atomic E-state index is 0.386. The Bertz CT molecular complexity index is 899. The summed E-state index contributed by atoms with van der Waals surface area (Å²) in [5, 5.41) is 4.72. The van der Waals surface area contributed by atoms with Gasteiger partial charge in [-0.2, -0.15) is 0 Å². The minimum atomic E-state index is 0.386. The van der Waals surface area contributed by atoms with E-state index < -0.39 is 0 Å². The summed E-state index contributed by atoms with van der Waals surface area (Å²) in [5.74, 6) is 1.40. The van der Waals surface area contributed by atoms with Crippen LogP contribution in [0.2, 0.25) is 10.0 Å². The second-order valence-corrected chi connectivity index (χ2v) is 6.74. The highest BCUT2D eigenvalue weighted by molar-refractivity contribution is 6.33. The summed E-state index contributed by atoms with van der Waals surface area (Å²) in [4.78, 5) is 0. The first-order chi connectivity index (χ1) is 13.2. The molecule has 1 N–H and O–H groups in total. The van der Waals surface area contributed by atoms with Gasteiger partial charge in [0, 0.05) is 17.1 Å². The highest BCUT2D eigenvalue weighted by Gasteiger charge is 2.09. The molecular formula is C22H21Cl2NO2. The highest BCUT2D eigenvalue weighted by Crippen LogP contribution is 2.30. The zero-order chi connectivity index (χ0) is 19.1. The lowest BCUT2D eigenvalue weighted by molar-refractivity contribution is 0.269. The quantitative estimate of drug-likeness (QED) is 0.462. The maximum absolute atomic E-state index is 6.20. The third-order valence-corrected chi connectivity index (χ3v) is 4.70. The van der Waals surface area contributed by atoms with Crippen LogP contribution in [0.15, 0.2) is 66.7 Å². The van der Waals surface area contributed by atoms with Gasteiger partial charge >= 0.3 is 0 Å². The largest absolute Gasteiger partial charge is 0.490 e. The average Bonchev–Trinajstić information content (AvgIpc) is 2.68. The van der Waals surface area contributed by atoms with Gasteiger partial charge in [-0.25, -0.2) is 0 Å². The Morgan fingerprint density at radius 1 is 0.815 bits per heavy atom. The Labute approximate surface area is 169 Å². The number of para-hydroxylation sites is 1. The number of anilines is 1. The van der Waals surface area contributed by atoms with Crippen molar-refractivity contribution in [2.24, 2.45) is 0 Å². The standard InChI is InChI=1S/C22H21Cl2NO2/c1-2-26-22-13-16(14-25-20-10-6-5-9-19(20)24)11-12-21(22)27-15-17-7-3-4-8-18(17)23/h3-13,25H,2,14-15H2,1H3. The van der Waals surface area contributed by atoms with E-state index in [9.17, 15) is 0 Å². The van der Waals surface area contributed by atoms with Crippen molar-refractivity contribution in [3.05, 3.63) is 87.9 Å². The molecule has 27 heavy (non-hydrogen) atoms. The van der Waals surface area contributed by atoms with Gasteiger partial charge in [0.15, 0.2) is 11.5 Å². The molecule has 3 aromatic carbocycles. The molecule has 0 saturated heterocycles. The smallest absolute Gasteiger partial charge is 0.161 e. The highest BCUT2D eigenvalue weighted by atomic mass is 35.5. The third-order valence-electron chi connectivity index (χ3n) is 4.01. The minimum Gasteiger partial charge on any atom is -0.490 e. The Hall–Kier alpha value is -2.36. The molecule has 0 aliphatic carbocycles. The van der Waals surface area contributed by atoms with Gasteiger partial charge in [0.05, 0.1) is 17.3 Å². The van der Waals surface area contributed by atoms with Gasteiger partial charge in [0.1, 0.15) is 6.61 Å². The summed E-state index contributed by atoms with van der Waals surface area (Å²) in [7, 11) is 0. The molecule has 3 nitrogen and oxygen atoms in total. The van der Waals surface area contributed by atoms with Crippen LogP contribution < -0.4 is 14.8 Å². The molecule has 3 aromatic rings. The fourth-order valence-corrected chi connectivity index (χ4v) is 3.02. The topological polar surface area (TPSA) is 30.5 Å². The van der Waals surface area contributed by atoms with Gasteiger partial charge in [0.25, 0.3) is 0 Å². The summed E-state index contributed by atoms with van der Waals surface area (Å²) in [6, 6.07) is 21.2. The fraction of sp³-hybridized carbons (Fsp3) is 0.182. The number of hydrogen-bond donors (Lipinski definition) is 1. The first-order valence-corrected chi connectivity index (χ1v) is 9.53. The van der Waals surface area contributed by atoms with E-state index in [1.807, 2.05) is 73.7 Å². The van der Waals surface area contributed by atoms with Gasteiger partial charge in [-0.1, -0.05) is 59.6 Å². The predicted molar refractivity (Wildman–Crippen MR) is 112 cm³/mol. The summed E-state index contributed by atoms with van der Waals surface area (Å²) in [5.41, 5.74) is 2.91. The maximum atomic E-state index is 6.20. The maximum Gasteiger partial charge on any atom is 0.161 e. The molecule has 0 unspecified atom stereocenters. The lowest BCUT2D eigenvalue weighted by Gasteiger charge is -2.15. The van der Waals surface area contributed by atoms with Crippen molar-refractivity contribution in [1.82, 2.24) is 0 Å². The monoisotopic (exact) mass is 401 g/mol. The van der Waals surface area contributed by atoms with Crippen LogP contribution in [0.1, 0.15) is 18.1 Å². The Morgan fingerprint density at radius 3 is 2.30 bits per heavy atom.